The Bertz CT molecular complexity index is 223. The standard InChI is InChI=1S/C10H20N2O3/c1-6(2)7(11)3-10(15)12-4-8(13)9(14)5-12/h6-9,13-14H,3-5,11H2,1-2H3/t7?,8-,9+. The minimum absolute atomic E-state index is 0.0909. The van der Waals surface area contributed by atoms with Gasteiger partial charge in [0.2, 0.25) is 5.91 Å². The molecule has 0 aromatic rings. The van der Waals surface area contributed by atoms with Gasteiger partial charge in [-0.3, -0.25) is 4.79 Å². The molecule has 0 bridgehead atoms. The van der Waals surface area contributed by atoms with Crippen molar-refractivity contribution in [2.24, 2.45) is 11.7 Å². The third-order valence-corrected chi connectivity index (χ3v) is 2.88. The van der Waals surface area contributed by atoms with Crippen molar-refractivity contribution in [3.63, 3.8) is 0 Å². The van der Waals surface area contributed by atoms with Gasteiger partial charge in [-0.25, -0.2) is 0 Å². The van der Waals surface area contributed by atoms with Crippen LogP contribution in [0.4, 0.5) is 0 Å². The number of hydrogen-bond acceptors (Lipinski definition) is 4. The van der Waals surface area contributed by atoms with Gasteiger partial charge in [0.25, 0.3) is 0 Å². The fourth-order valence-electron chi connectivity index (χ4n) is 1.54. The molecule has 5 nitrogen and oxygen atoms in total. The third kappa shape index (κ3) is 3.15. The Morgan fingerprint density at radius 2 is 1.87 bits per heavy atom. The molecule has 1 heterocycles. The van der Waals surface area contributed by atoms with E-state index in [1.54, 1.807) is 0 Å². The summed E-state index contributed by atoms with van der Waals surface area (Å²) in [5.74, 6) is 0.165. The first-order chi connectivity index (χ1) is 6.91. The molecule has 1 rings (SSSR count). The topological polar surface area (TPSA) is 86.8 Å². The van der Waals surface area contributed by atoms with E-state index in [1.807, 2.05) is 13.8 Å². The fraction of sp³-hybridized carbons (Fsp3) is 0.900. The minimum Gasteiger partial charge on any atom is -0.388 e. The van der Waals surface area contributed by atoms with Crippen LogP contribution in [0, 0.1) is 5.92 Å². The second kappa shape index (κ2) is 4.92. The van der Waals surface area contributed by atoms with Gasteiger partial charge in [-0.05, 0) is 5.92 Å². The Labute approximate surface area is 89.9 Å². The minimum atomic E-state index is -0.816. The van der Waals surface area contributed by atoms with Gasteiger partial charge in [0.15, 0.2) is 0 Å². The largest absolute Gasteiger partial charge is 0.388 e. The summed E-state index contributed by atoms with van der Waals surface area (Å²) in [6.07, 6.45) is -1.36. The zero-order chi connectivity index (χ0) is 11.6. The van der Waals surface area contributed by atoms with Crippen molar-refractivity contribution in [1.82, 2.24) is 4.90 Å². The van der Waals surface area contributed by atoms with E-state index >= 15 is 0 Å². The number of aliphatic hydroxyl groups is 2. The first-order valence-corrected chi connectivity index (χ1v) is 5.31. The van der Waals surface area contributed by atoms with E-state index in [2.05, 4.69) is 0 Å². The maximum absolute atomic E-state index is 11.7. The summed E-state index contributed by atoms with van der Waals surface area (Å²) in [5, 5.41) is 18.6. The number of amides is 1. The van der Waals surface area contributed by atoms with Crippen molar-refractivity contribution in [2.45, 2.75) is 38.5 Å². The number of hydrogen-bond donors (Lipinski definition) is 3. The van der Waals surface area contributed by atoms with Gasteiger partial charge in [-0.2, -0.15) is 0 Å². The zero-order valence-electron chi connectivity index (χ0n) is 9.26. The van der Waals surface area contributed by atoms with E-state index in [1.165, 1.54) is 4.90 Å². The maximum Gasteiger partial charge on any atom is 0.224 e. The number of aliphatic hydroxyl groups excluding tert-OH is 2. The number of nitrogens with two attached hydrogens (primary N) is 1. The molecule has 0 saturated carbocycles. The Morgan fingerprint density at radius 1 is 1.40 bits per heavy atom. The highest BCUT2D eigenvalue weighted by Crippen LogP contribution is 2.13. The molecule has 1 amide bonds. The van der Waals surface area contributed by atoms with Crippen LogP contribution in [-0.2, 0) is 4.79 Å². The van der Waals surface area contributed by atoms with Crippen molar-refractivity contribution in [1.29, 1.82) is 0 Å². The smallest absolute Gasteiger partial charge is 0.224 e. The second-order valence-corrected chi connectivity index (χ2v) is 4.55. The molecule has 0 spiro atoms. The SMILES string of the molecule is CC(C)C(N)CC(=O)N1C[C@@H](O)[C@@H](O)C1. The van der Waals surface area contributed by atoms with Crippen molar-refractivity contribution in [2.75, 3.05) is 13.1 Å². The molecule has 15 heavy (non-hydrogen) atoms. The predicted octanol–water partition coefficient (Wildman–Crippen LogP) is -1.08. The summed E-state index contributed by atoms with van der Waals surface area (Å²) in [6.45, 7) is 4.35. The van der Waals surface area contributed by atoms with Crippen molar-refractivity contribution in [3.05, 3.63) is 0 Å². The van der Waals surface area contributed by atoms with Crippen LogP contribution in [0.25, 0.3) is 0 Å². The molecule has 1 unspecified atom stereocenters. The van der Waals surface area contributed by atoms with Gasteiger partial charge in [-0.15, -0.1) is 0 Å². The lowest BCUT2D eigenvalue weighted by Gasteiger charge is -2.20. The number of β-amino-alcohol motifs (C(OH)–C–C–N with tert-alkyl or cyclic N) is 2. The summed E-state index contributed by atoms with van der Waals surface area (Å²) in [6, 6.07) is -0.160. The van der Waals surface area contributed by atoms with E-state index in [9.17, 15) is 15.0 Å². The zero-order valence-corrected chi connectivity index (χ0v) is 9.26. The summed E-state index contributed by atoms with van der Waals surface area (Å²) in [5.41, 5.74) is 5.78. The van der Waals surface area contributed by atoms with Crippen LogP contribution in [0.3, 0.4) is 0 Å². The summed E-state index contributed by atoms with van der Waals surface area (Å²) >= 11 is 0. The molecule has 88 valence electrons. The number of carbonyl (C=O) groups is 1. The van der Waals surface area contributed by atoms with Gasteiger partial charge < -0.3 is 20.8 Å². The molecule has 1 saturated heterocycles. The second-order valence-electron chi connectivity index (χ2n) is 4.55. The van der Waals surface area contributed by atoms with E-state index in [-0.39, 0.29) is 37.4 Å². The van der Waals surface area contributed by atoms with Gasteiger partial charge in [0, 0.05) is 25.6 Å². The average molecular weight is 216 g/mol. The molecule has 0 radical (unpaired) electrons. The summed E-state index contributed by atoms with van der Waals surface area (Å²) in [4.78, 5) is 13.1. The van der Waals surface area contributed by atoms with Gasteiger partial charge in [0.05, 0.1) is 12.2 Å². The molecule has 0 aromatic carbocycles. The Kier molecular flexibility index (Phi) is 4.07. The molecule has 1 aliphatic heterocycles. The molecule has 4 N–H and O–H groups in total. The Hall–Kier alpha value is -0.650. The number of likely N-dealkylation sites (tertiary alicyclic amines) is 1. The normalized spacial score (nSPS) is 28.5. The van der Waals surface area contributed by atoms with E-state index in [0.717, 1.165) is 0 Å². The summed E-state index contributed by atoms with van der Waals surface area (Å²) < 4.78 is 0. The monoisotopic (exact) mass is 216 g/mol. The third-order valence-electron chi connectivity index (χ3n) is 2.88. The van der Waals surface area contributed by atoms with Gasteiger partial charge in [0.1, 0.15) is 0 Å². The highest BCUT2D eigenvalue weighted by atomic mass is 16.3. The molecule has 0 aliphatic carbocycles. The molecule has 1 aliphatic rings. The van der Waals surface area contributed by atoms with Gasteiger partial charge >= 0.3 is 0 Å². The highest BCUT2D eigenvalue weighted by Gasteiger charge is 2.32. The average Bonchev–Trinajstić information content (AvgIpc) is 2.46. The van der Waals surface area contributed by atoms with Crippen molar-refractivity contribution >= 4 is 5.91 Å². The maximum atomic E-state index is 11.7. The van der Waals surface area contributed by atoms with Crippen LogP contribution in [0.5, 0.6) is 0 Å². The van der Waals surface area contributed by atoms with Crippen molar-refractivity contribution in [3.8, 4) is 0 Å². The Balaban J connectivity index is 2.42. The summed E-state index contributed by atoms with van der Waals surface area (Å²) in [7, 11) is 0. The number of carbonyl (C=O) groups excluding carboxylic acids is 1. The molecular formula is C10H20N2O3. The van der Waals surface area contributed by atoms with E-state index in [0.29, 0.717) is 0 Å². The number of rotatable bonds is 3. The van der Waals surface area contributed by atoms with E-state index < -0.39 is 12.2 Å². The first-order valence-electron chi connectivity index (χ1n) is 5.31. The lowest BCUT2D eigenvalue weighted by Crippen LogP contribution is -2.37. The van der Waals surface area contributed by atoms with Crippen LogP contribution < -0.4 is 5.73 Å². The molecular weight excluding hydrogens is 196 g/mol. The van der Waals surface area contributed by atoms with Crippen LogP contribution in [-0.4, -0.2) is 52.4 Å². The Morgan fingerprint density at radius 3 is 2.27 bits per heavy atom. The lowest BCUT2D eigenvalue weighted by atomic mass is 10.0. The lowest BCUT2D eigenvalue weighted by molar-refractivity contribution is -0.131. The van der Waals surface area contributed by atoms with E-state index in [4.69, 9.17) is 5.73 Å². The number of nitrogens with zero attached hydrogens (tertiary/aromatic N) is 1. The molecule has 5 heteroatoms. The van der Waals surface area contributed by atoms with Crippen LogP contribution in [0.15, 0.2) is 0 Å². The molecule has 3 atom stereocenters. The van der Waals surface area contributed by atoms with Gasteiger partial charge in [-0.1, -0.05) is 13.8 Å². The predicted molar refractivity (Wildman–Crippen MR) is 56.0 cm³/mol. The van der Waals surface area contributed by atoms with Crippen LogP contribution in [0.2, 0.25) is 0 Å². The van der Waals surface area contributed by atoms with Crippen LogP contribution >= 0.6 is 0 Å². The van der Waals surface area contributed by atoms with Crippen molar-refractivity contribution < 1.29 is 15.0 Å². The highest BCUT2D eigenvalue weighted by molar-refractivity contribution is 5.77. The first kappa shape index (κ1) is 12.4. The quantitative estimate of drug-likeness (QED) is 0.560. The molecule has 1 fully saturated rings. The molecule has 0 aromatic heterocycles. The fourth-order valence-corrected chi connectivity index (χ4v) is 1.54. The van der Waals surface area contributed by atoms with Crippen LogP contribution in [0.1, 0.15) is 20.3 Å².